The summed E-state index contributed by atoms with van der Waals surface area (Å²) in [4.78, 5) is 51.8. The van der Waals surface area contributed by atoms with Crippen molar-refractivity contribution in [3.8, 4) is 0 Å². The Morgan fingerprint density at radius 1 is 0.246 bits per heavy atom. The molecule has 8 aliphatic rings. The number of nitrogens with one attached hydrogen (secondary N) is 4. The molecule has 0 aromatic rings. The molecule has 8 fully saturated rings. The van der Waals surface area contributed by atoms with E-state index in [9.17, 15) is 19.2 Å². The molecule has 416 valence electrons. The number of carbonyl (C=O) groups is 4. The largest absolute Gasteiger partial charge is 2.00 e. The van der Waals surface area contributed by atoms with Crippen molar-refractivity contribution >= 4 is 23.6 Å². The molecule has 0 aromatic carbocycles. The predicted molar refractivity (Wildman–Crippen MR) is 286 cm³/mol. The van der Waals surface area contributed by atoms with Crippen LogP contribution >= 0.6 is 0 Å². The van der Waals surface area contributed by atoms with Gasteiger partial charge in [-0.1, -0.05) is 180 Å². The van der Waals surface area contributed by atoms with Crippen molar-refractivity contribution in [2.75, 3.05) is 26.2 Å². The van der Waals surface area contributed by atoms with E-state index in [-0.39, 0.29) is 175 Å². The van der Waals surface area contributed by atoms with Gasteiger partial charge < -0.3 is 80.7 Å². The average Bonchev–Trinajstić information content (AvgIpc) is 4.10. The molecule has 0 aromatic heterocycles. The maximum Gasteiger partial charge on any atom is 2.00 e. The van der Waals surface area contributed by atoms with Crippen LogP contribution in [0.1, 0.15) is 231 Å². The van der Waals surface area contributed by atoms with E-state index in [0.29, 0.717) is 26.2 Å². The number of hydrogen-bond donors (Lipinski definition) is 4. The molecule has 0 bridgehead atoms. The standard InChI is InChI=1S/C29H48N4O4.4C5H10.8CH3.4Fe/c34-25(21-9-1-2-10-21)30-17-29(18-31-26(35)22-11-3-4-12-22,19-32-27(36)23-13-5-6-14-23)20-33-28(37)24-15-7-8-16-24;4*1-2-4-5-3-1;;;;;;;;;;;;/h21-24H,1-20H2,(H,30,34)(H,31,35)(H,32,36)(H,33,37);4*1-5H2;8*1H3;;;;/q;;;;;8*-1;4*+2. The molecular formula is C57H112Fe4N4O4. The van der Waals surface area contributed by atoms with Gasteiger partial charge in [-0.25, -0.2) is 0 Å². The van der Waals surface area contributed by atoms with E-state index < -0.39 is 5.41 Å². The monoisotopic (exact) mass is 1140 g/mol. The van der Waals surface area contributed by atoms with Crippen molar-refractivity contribution in [2.24, 2.45) is 29.1 Å². The van der Waals surface area contributed by atoms with Crippen LogP contribution in [0.5, 0.6) is 0 Å². The molecule has 12 heteroatoms. The fourth-order valence-corrected chi connectivity index (χ4v) is 10.3. The van der Waals surface area contributed by atoms with Crippen LogP contribution in [0.25, 0.3) is 0 Å². The molecule has 0 atom stereocenters. The topological polar surface area (TPSA) is 116 Å². The minimum absolute atomic E-state index is 0. The Labute approximate surface area is 474 Å². The Morgan fingerprint density at radius 2 is 0.362 bits per heavy atom. The van der Waals surface area contributed by atoms with Gasteiger partial charge in [0.25, 0.3) is 0 Å². The van der Waals surface area contributed by atoms with Gasteiger partial charge in [-0.05, 0) is 51.4 Å². The Balaban J connectivity index is -0.000000134. The van der Waals surface area contributed by atoms with Crippen LogP contribution < -0.4 is 21.3 Å². The molecule has 69 heavy (non-hydrogen) atoms. The molecule has 0 spiro atoms. The second-order valence-corrected chi connectivity index (χ2v) is 19.4. The molecule has 4 N–H and O–H groups in total. The van der Waals surface area contributed by atoms with Gasteiger partial charge in [-0.2, -0.15) is 0 Å². The van der Waals surface area contributed by atoms with Crippen LogP contribution in [0.4, 0.5) is 0 Å². The molecule has 8 saturated carbocycles. The molecule has 8 rings (SSSR count). The second kappa shape index (κ2) is 55.7. The van der Waals surface area contributed by atoms with Crippen LogP contribution in [-0.2, 0) is 87.5 Å². The number of carbonyl (C=O) groups excluding carboxylic acids is 4. The van der Waals surface area contributed by atoms with Gasteiger partial charge in [-0.15, -0.1) is 0 Å². The van der Waals surface area contributed by atoms with Gasteiger partial charge in [0.2, 0.25) is 23.6 Å². The van der Waals surface area contributed by atoms with Gasteiger partial charge in [0.15, 0.2) is 0 Å². The molecule has 8 nitrogen and oxygen atoms in total. The third-order valence-corrected chi connectivity index (χ3v) is 14.5. The Bertz CT molecular complexity index is 908. The number of rotatable bonds is 12. The van der Waals surface area contributed by atoms with Crippen LogP contribution in [-0.4, -0.2) is 49.8 Å². The van der Waals surface area contributed by atoms with Gasteiger partial charge in [0.05, 0.1) is 0 Å². The minimum Gasteiger partial charge on any atom is -0.358 e. The third kappa shape index (κ3) is 38.2. The van der Waals surface area contributed by atoms with Crippen LogP contribution in [0, 0.1) is 88.5 Å². The van der Waals surface area contributed by atoms with E-state index in [1.165, 1.54) is 128 Å². The third-order valence-electron chi connectivity index (χ3n) is 14.5. The van der Waals surface area contributed by atoms with Crippen molar-refractivity contribution < 1.29 is 87.5 Å². The quantitative estimate of drug-likeness (QED) is 0.115. The molecule has 0 unspecified atom stereocenters. The van der Waals surface area contributed by atoms with Crippen LogP contribution in [0.3, 0.4) is 0 Å². The van der Waals surface area contributed by atoms with E-state index in [1.54, 1.807) is 0 Å². The Kier molecular flexibility index (Phi) is 71.5. The van der Waals surface area contributed by atoms with Gasteiger partial charge in [0.1, 0.15) is 0 Å². The maximum absolute atomic E-state index is 13.0. The molecule has 0 saturated heterocycles. The summed E-state index contributed by atoms with van der Waals surface area (Å²) in [6.45, 7) is 1.23. The van der Waals surface area contributed by atoms with Crippen LogP contribution in [0.2, 0.25) is 0 Å². The first kappa shape index (κ1) is 88.6. The summed E-state index contributed by atoms with van der Waals surface area (Å²) in [5.41, 5.74) is -0.689. The van der Waals surface area contributed by atoms with Crippen molar-refractivity contribution in [3.63, 3.8) is 0 Å². The minimum atomic E-state index is -0.689. The first-order valence-corrected chi connectivity index (χ1v) is 25.1. The summed E-state index contributed by atoms with van der Waals surface area (Å²) in [7, 11) is 0. The average molecular weight is 1140 g/mol. The van der Waals surface area contributed by atoms with Crippen molar-refractivity contribution in [2.45, 2.75) is 231 Å². The summed E-state index contributed by atoms with van der Waals surface area (Å²) in [6, 6.07) is 0. The zero-order valence-electron chi connectivity index (χ0n) is 46.1. The SMILES string of the molecule is C1CCCC1.C1CCCC1.C1CCCC1.C1CCCC1.O=C(NCC(CNC(=O)C1CCCC1)(CNC(=O)C1CCCC1)CNC(=O)C1CCCC1)C1CCCC1.[CH3-].[CH3-].[CH3-].[CH3-].[CH3-].[CH3-].[CH3-].[CH3-].[Fe+2].[Fe+2].[Fe+2].[Fe+2]. The van der Waals surface area contributed by atoms with Crippen molar-refractivity contribution in [3.05, 3.63) is 59.4 Å². The van der Waals surface area contributed by atoms with Gasteiger partial charge in [-0.3, -0.25) is 19.2 Å². The van der Waals surface area contributed by atoms with Crippen molar-refractivity contribution in [1.29, 1.82) is 0 Å². The summed E-state index contributed by atoms with van der Waals surface area (Å²) >= 11 is 0. The fraction of sp³-hybridized carbons (Fsp3) is 0.789. The Hall–Kier alpha value is -0.0421. The van der Waals surface area contributed by atoms with Gasteiger partial charge >= 0.3 is 68.3 Å². The van der Waals surface area contributed by atoms with E-state index >= 15 is 0 Å². The number of amides is 4. The molecule has 8 aliphatic carbocycles. The zero-order valence-corrected chi connectivity index (χ0v) is 50.6. The predicted octanol–water partition coefficient (Wildman–Crippen LogP) is 14.6. The summed E-state index contributed by atoms with van der Waals surface area (Å²) < 4.78 is 0. The summed E-state index contributed by atoms with van der Waals surface area (Å²) in [6.07, 6.45) is 45.9. The van der Waals surface area contributed by atoms with Gasteiger partial charge in [0, 0.05) is 55.3 Å². The van der Waals surface area contributed by atoms with E-state index in [1.807, 2.05) is 0 Å². The molecule has 0 aliphatic heterocycles. The molecule has 0 heterocycles. The molecule has 4 amide bonds. The van der Waals surface area contributed by atoms with E-state index in [4.69, 9.17) is 0 Å². The zero-order chi connectivity index (χ0) is 40.2. The number of hydrogen-bond acceptors (Lipinski definition) is 4. The fourth-order valence-electron chi connectivity index (χ4n) is 10.3. The normalized spacial score (nSPS) is 18.7. The second-order valence-electron chi connectivity index (χ2n) is 19.4. The first-order chi connectivity index (χ1) is 28.0. The van der Waals surface area contributed by atoms with E-state index in [2.05, 4.69) is 21.3 Å². The summed E-state index contributed by atoms with van der Waals surface area (Å²) in [5.74, 6) is 0.334. The maximum atomic E-state index is 13.0. The molecular weight excluding hydrogens is 1030 g/mol. The van der Waals surface area contributed by atoms with E-state index in [0.717, 1.165) is 103 Å². The van der Waals surface area contributed by atoms with Crippen LogP contribution in [0.15, 0.2) is 0 Å². The molecule has 0 radical (unpaired) electrons. The summed E-state index contributed by atoms with van der Waals surface area (Å²) in [5, 5.41) is 12.6. The van der Waals surface area contributed by atoms with Crippen molar-refractivity contribution in [1.82, 2.24) is 21.3 Å². The first-order valence-electron chi connectivity index (χ1n) is 25.1. The Morgan fingerprint density at radius 3 is 0.478 bits per heavy atom. The smallest absolute Gasteiger partial charge is 0.358 e.